The number of hydrogen-bond acceptors (Lipinski definition) is 3. The molecule has 0 bridgehead atoms. The van der Waals surface area contributed by atoms with Gasteiger partial charge in [-0.2, -0.15) is 0 Å². The van der Waals surface area contributed by atoms with Crippen molar-refractivity contribution in [3.63, 3.8) is 0 Å². The van der Waals surface area contributed by atoms with Crippen molar-refractivity contribution in [2.24, 2.45) is 11.8 Å². The van der Waals surface area contributed by atoms with Gasteiger partial charge in [-0.3, -0.25) is 0 Å². The molecule has 0 atom stereocenters. The first-order chi connectivity index (χ1) is 9.92. The molecular formula is C17H30N2O2. The molecule has 0 aromatic heterocycles. The second-order valence-corrected chi connectivity index (χ2v) is 8.11. The first-order valence-electron chi connectivity index (χ1n) is 8.66. The molecule has 3 rings (SSSR count). The molecule has 2 saturated carbocycles. The fourth-order valence-electron chi connectivity index (χ4n) is 3.40. The summed E-state index contributed by atoms with van der Waals surface area (Å²) in [5.74, 6) is 1.89. The van der Waals surface area contributed by atoms with Gasteiger partial charge >= 0.3 is 6.09 Å². The van der Waals surface area contributed by atoms with Crippen molar-refractivity contribution < 1.29 is 9.53 Å². The van der Waals surface area contributed by atoms with Gasteiger partial charge in [0.2, 0.25) is 0 Å². The Labute approximate surface area is 128 Å². The van der Waals surface area contributed by atoms with Crippen molar-refractivity contribution >= 4 is 6.09 Å². The van der Waals surface area contributed by atoms with E-state index in [1.807, 2.05) is 25.7 Å². The zero-order chi connectivity index (χ0) is 15.0. The first-order valence-corrected chi connectivity index (χ1v) is 8.66. The Balaban J connectivity index is 1.43. The molecule has 3 aliphatic rings. The van der Waals surface area contributed by atoms with Crippen molar-refractivity contribution in [3.05, 3.63) is 0 Å². The number of hydrogen-bond donors (Lipinski definition) is 1. The number of nitrogens with one attached hydrogen (secondary N) is 1. The molecule has 1 aliphatic heterocycles. The molecule has 1 saturated heterocycles. The number of carbonyl (C=O) groups is 1. The number of piperidine rings is 1. The van der Waals surface area contributed by atoms with E-state index in [1.54, 1.807) is 0 Å². The topological polar surface area (TPSA) is 41.6 Å². The van der Waals surface area contributed by atoms with Crippen molar-refractivity contribution in [2.45, 2.75) is 77.0 Å². The molecule has 120 valence electrons. The van der Waals surface area contributed by atoms with Crippen LogP contribution in [-0.4, -0.2) is 41.8 Å². The van der Waals surface area contributed by atoms with Crippen LogP contribution in [0.25, 0.3) is 0 Å². The molecule has 0 unspecified atom stereocenters. The van der Waals surface area contributed by atoms with Gasteiger partial charge in [0.1, 0.15) is 5.60 Å². The van der Waals surface area contributed by atoms with Crippen molar-refractivity contribution in [1.82, 2.24) is 10.2 Å². The highest BCUT2D eigenvalue weighted by molar-refractivity contribution is 5.68. The summed E-state index contributed by atoms with van der Waals surface area (Å²) in [5, 5.41) is 3.91. The summed E-state index contributed by atoms with van der Waals surface area (Å²) in [4.78, 5) is 13.9. The highest BCUT2D eigenvalue weighted by atomic mass is 16.6. The van der Waals surface area contributed by atoms with E-state index in [-0.39, 0.29) is 6.09 Å². The predicted octanol–water partition coefficient (Wildman–Crippen LogP) is 3.16. The van der Waals surface area contributed by atoms with Gasteiger partial charge in [0.25, 0.3) is 0 Å². The van der Waals surface area contributed by atoms with Crippen LogP contribution in [0.1, 0.15) is 59.3 Å². The van der Waals surface area contributed by atoms with Gasteiger partial charge in [-0.15, -0.1) is 0 Å². The van der Waals surface area contributed by atoms with Gasteiger partial charge in [-0.1, -0.05) is 0 Å². The lowest BCUT2D eigenvalue weighted by atomic mass is 10.0. The number of ether oxygens (including phenoxy) is 1. The zero-order valence-electron chi connectivity index (χ0n) is 13.7. The van der Waals surface area contributed by atoms with Gasteiger partial charge < -0.3 is 15.0 Å². The Bertz CT molecular complexity index is 363. The standard InChI is InChI=1S/C17H30N2O2/c1-17(2,3)21-16(20)19-10-8-14(9-11-19)18-15(12-4-5-12)13-6-7-13/h12-15,18H,4-11H2,1-3H3. The smallest absolute Gasteiger partial charge is 0.410 e. The third-order valence-corrected chi connectivity index (χ3v) is 4.83. The minimum Gasteiger partial charge on any atom is -0.444 e. The molecule has 1 amide bonds. The first kappa shape index (κ1) is 15.1. The molecule has 2 aliphatic carbocycles. The summed E-state index contributed by atoms with van der Waals surface area (Å²) in [6, 6.07) is 1.36. The van der Waals surface area contributed by atoms with Crippen molar-refractivity contribution in [3.8, 4) is 0 Å². The highest BCUT2D eigenvalue weighted by Crippen LogP contribution is 2.44. The monoisotopic (exact) mass is 294 g/mol. The van der Waals surface area contributed by atoms with E-state index in [0.717, 1.165) is 43.8 Å². The average molecular weight is 294 g/mol. The van der Waals surface area contributed by atoms with Crippen LogP contribution in [0.5, 0.6) is 0 Å². The summed E-state index contributed by atoms with van der Waals surface area (Å²) in [6.45, 7) is 7.43. The van der Waals surface area contributed by atoms with Crippen molar-refractivity contribution in [1.29, 1.82) is 0 Å². The van der Waals surface area contributed by atoms with E-state index in [2.05, 4.69) is 5.32 Å². The molecule has 0 aromatic carbocycles. The van der Waals surface area contributed by atoms with E-state index in [0.29, 0.717) is 6.04 Å². The minimum atomic E-state index is -0.394. The molecular weight excluding hydrogens is 264 g/mol. The fraction of sp³-hybridized carbons (Fsp3) is 0.941. The molecule has 0 aromatic rings. The third-order valence-electron chi connectivity index (χ3n) is 4.83. The van der Waals surface area contributed by atoms with E-state index in [1.165, 1.54) is 25.7 Å². The summed E-state index contributed by atoms with van der Waals surface area (Å²) in [6.07, 6.45) is 7.66. The minimum absolute atomic E-state index is 0.151. The van der Waals surface area contributed by atoms with E-state index in [4.69, 9.17) is 4.74 Å². The Morgan fingerprint density at radius 1 is 1.05 bits per heavy atom. The third kappa shape index (κ3) is 4.35. The number of carbonyl (C=O) groups excluding carboxylic acids is 1. The number of likely N-dealkylation sites (tertiary alicyclic amines) is 1. The van der Waals surface area contributed by atoms with Crippen LogP contribution in [0.3, 0.4) is 0 Å². The van der Waals surface area contributed by atoms with E-state index >= 15 is 0 Å². The van der Waals surface area contributed by atoms with Crippen molar-refractivity contribution in [2.75, 3.05) is 13.1 Å². The normalized spacial score (nSPS) is 24.5. The lowest BCUT2D eigenvalue weighted by molar-refractivity contribution is 0.0194. The van der Waals surface area contributed by atoms with Crippen LogP contribution in [0.4, 0.5) is 4.79 Å². The maximum Gasteiger partial charge on any atom is 0.410 e. The molecule has 21 heavy (non-hydrogen) atoms. The lowest BCUT2D eigenvalue weighted by Crippen LogP contribution is -2.49. The SMILES string of the molecule is CC(C)(C)OC(=O)N1CCC(NC(C2CC2)C2CC2)CC1. The summed E-state index contributed by atoms with van der Waals surface area (Å²) >= 11 is 0. The maximum absolute atomic E-state index is 12.1. The second-order valence-electron chi connectivity index (χ2n) is 8.11. The largest absolute Gasteiger partial charge is 0.444 e. The van der Waals surface area contributed by atoms with Crippen LogP contribution in [0.15, 0.2) is 0 Å². The molecule has 1 N–H and O–H groups in total. The Hall–Kier alpha value is -0.770. The van der Waals surface area contributed by atoms with E-state index < -0.39 is 5.60 Å². The van der Waals surface area contributed by atoms with Crippen LogP contribution in [-0.2, 0) is 4.74 Å². The fourth-order valence-corrected chi connectivity index (χ4v) is 3.40. The summed E-state index contributed by atoms with van der Waals surface area (Å²) in [7, 11) is 0. The predicted molar refractivity (Wildman–Crippen MR) is 83.2 cm³/mol. The van der Waals surface area contributed by atoms with Gasteiger partial charge in [-0.05, 0) is 71.1 Å². The van der Waals surface area contributed by atoms with Gasteiger partial charge in [0, 0.05) is 25.2 Å². The summed E-state index contributed by atoms with van der Waals surface area (Å²) < 4.78 is 5.46. The second kappa shape index (κ2) is 5.79. The maximum atomic E-state index is 12.1. The average Bonchev–Trinajstić information content (AvgIpc) is 3.26. The molecule has 4 nitrogen and oxygen atoms in total. The van der Waals surface area contributed by atoms with Crippen LogP contribution >= 0.6 is 0 Å². The van der Waals surface area contributed by atoms with Gasteiger partial charge in [0.05, 0.1) is 0 Å². The zero-order valence-corrected chi connectivity index (χ0v) is 13.7. The number of nitrogens with zero attached hydrogens (tertiary/aromatic N) is 1. The molecule has 1 heterocycles. The molecule has 4 heteroatoms. The Morgan fingerprint density at radius 3 is 2.00 bits per heavy atom. The number of amides is 1. The van der Waals surface area contributed by atoms with E-state index in [9.17, 15) is 4.79 Å². The quantitative estimate of drug-likeness (QED) is 0.866. The van der Waals surface area contributed by atoms with Crippen LogP contribution in [0.2, 0.25) is 0 Å². The van der Waals surface area contributed by atoms with Gasteiger partial charge in [0.15, 0.2) is 0 Å². The number of rotatable bonds is 4. The molecule has 0 radical (unpaired) electrons. The molecule has 0 spiro atoms. The summed E-state index contributed by atoms with van der Waals surface area (Å²) in [5.41, 5.74) is -0.394. The van der Waals surface area contributed by atoms with Crippen LogP contribution in [0, 0.1) is 11.8 Å². The Kier molecular flexibility index (Phi) is 4.17. The van der Waals surface area contributed by atoms with Gasteiger partial charge in [-0.25, -0.2) is 4.79 Å². The molecule has 3 fully saturated rings. The Morgan fingerprint density at radius 2 is 1.57 bits per heavy atom. The van der Waals surface area contributed by atoms with Crippen LogP contribution < -0.4 is 5.32 Å². The highest BCUT2D eigenvalue weighted by Gasteiger charge is 2.42. The lowest BCUT2D eigenvalue weighted by Gasteiger charge is -2.35.